The molecule has 8 heteroatoms. The summed E-state index contributed by atoms with van der Waals surface area (Å²) in [4.78, 5) is 21.7. The Hall–Kier alpha value is -4.46. The standard InChI is InChI=1S/C25H14F3N3O2/c26-17-11-9-15(10-12-17)23(32)21-13-16-14-29-25(33-18-5-2-1-3-6-18)30-24(16)31(21)22-19(27)7-4-8-20(22)28/h1-14H. The van der Waals surface area contributed by atoms with Crippen LogP contribution in [0, 0.1) is 17.5 Å². The van der Waals surface area contributed by atoms with Crippen LogP contribution in [-0.2, 0) is 0 Å². The van der Waals surface area contributed by atoms with Crippen molar-refractivity contribution in [1.29, 1.82) is 0 Å². The Balaban J connectivity index is 1.72. The highest BCUT2D eigenvalue weighted by Gasteiger charge is 2.24. The normalized spacial score (nSPS) is 11.0. The first-order valence-electron chi connectivity index (χ1n) is 9.87. The van der Waals surface area contributed by atoms with Crippen LogP contribution in [-0.4, -0.2) is 20.3 Å². The smallest absolute Gasteiger partial charge is 0.323 e. The topological polar surface area (TPSA) is 57.0 Å². The first-order chi connectivity index (χ1) is 16.0. The molecular weight excluding hydrogens is 431 g/mol. The number of hydrogen-bond acceptors (Lipinski definition) is 4. The number of ketones is 1. The number of halogens is 3. The van der Waals surface area contributed by atoms with Crippen molar-refractivity contribution in [3.63, 3.8) is 0 Å². The van der Waals surface area contributed by atoms with Crippen LogP contribution >= 0.6 is 0 Å². The maximum absolute atomic E-state index is 14.8. The lowest BCUT2D eigenvalue weighted by atomic mass is 10.1. The van der Waals surface area contributed by atoms with Gasteiger partial charge < -0.3 is 4.74 Å². The van der Waals surface area contributed by atoms with Crippen molar-refractivity contribution in [2.45, 2.75) is 0 Å². The molecule has 5 aromatic rings. The molecular formula is C25H14F3N3O2. The second-order valence-electron chi connectivity index (χ2n) is 7.12. The van der Waals surface area contributed by atoms with Crippen molar-refractivity contribution in [2.75, 3.05) is 0 Å². The highest BCUT2D eigenvalue weighted by Crippen LogP contribution is 2.30. The Labute approximate surface area is 185 Å². The second-order valence-corrected chi connectivity index (χ2v) is 7.12. The van der Waals surface area contributed by atoms with E-state index in [9.17, 15) is 18.0 Å². The van der Waals surface area contributed by atoms with E-state index >= 15 is 0 Å². The fourth-order valence-corrected chi connectivity index (χ4v) is 3.46. The number of aromatic nitrogens is 3. The average Bonchev–Trinajstić information content (AvgIpc) is 3.18. The summed E-state index contributed by atoms with van der Waals surface area (Å²) in [6.07, 6.45) is 1.40. The fourth-order valence-electron chi connectivity index (χ4n) is 3.46. The van der Waals surface area contributed by atoms with Crippen molar-refractivity contribution < 1.29 is 22.7 Å². The first-order valence-corrected chi connectivity index (χ1v) is 9.87. The predicted octanol–water partition coefficient (Wildman–Crippen LogP) is 5.86. The largest absolute Gasteiger partial charge is 0.424 e. The second kappa shape index (κ2) is 8.23. The number of fused-ring (bicyclic) bond motifs is 1. The van der Waals surface area contributed by atoms with Gasteiger partial charge in [-0.25, -0.2) is 18.2 Å². The quantitative estimate of drug-likeness (QED) is 0.318. The Morgan fingerprint density at radius 2 is 1.55 bits per heavy atom. The van der Waals surface area contributed by atoms with E-state index in [-0.39, 0.29) is 22.9 Å². The molecule has 0 aliphatic heterocycles. The molecule has 3 aromatic carbocycles. The summed E-state index contributed by atoms with van der Waals surface area (Å²) in [5.41, 5.74) is -0.314. The van der Waals surface area contributed by atoms with E-state index in [0.29, 0.717) is 11.1 Å². The zero-order valence-corrected chi connectivity index (χ0v) is 16.9. The Morgan fingerprint density at radius 3 is 2.24 bits per heavy atom. The number of nitrogens with zero attached hydrogens (tertiary/aromatic N) is 3. The van der Waals surface area contributed by atoms with Gasteiger partial charge in [0.15, 0.2) is 5.65 Å². The molecule has 2 heterocycles. The molecule has 0 aliphatic carbocycles. The number of carbonyl (C=O) groups excluding carboxylic acids is 1. The Morgan fingerprint density at radius 1 is 0.848 bits per heavy atom. The molecule has 2 aromatic heterocycles. The van der Waals surface area contributed by atoms with Crippen LogP contribution in [0.15, 0.2) is 85.1 Å². The fraction of sp³-hybridized carbons (Fsp3) is 0. The van der Waals surface area contributed by atoms with E-state index in [1.807, 2.05) is 6.07 Å². The lowest BCUT2D eigenvalue weighted by Gasteiger charge is -2.12. The lowest BCUT2D eigenvalue weighted by molar-refractivity contribution is 0.103. The molecule has 0 bridgehead atoms. The molecule has 5 rings (SSSR count). The van der Waals surface area contributed by atoms with Crippen molar-refractivity contribution in [1.82, 2.24) is 14.5 Å². The number of benzene rings is 3. The van der Waals surface area contributed by atoms with Crippen molar-refractivity contribution in [3.05, 3.63) is 114 Å². The van der Waals surface area contributed by atoms with E-state index in [4.69, 9.17) is 4.74 Å². The molecule has 5 nitrogen and oxygen atoms in total. The van der Waals surface area contributed by atoms with Gasteiger partial charge in [-0.1, -0.05) is 24.3 Å². The van der Waals surface area contributed by atoms with Crippen LogP contribution in [0.5, 0.6) is 11.8 Å². The van der Waals surface area contributed by atoms with E-state index in [1.165, 1.54) is 30.5 Å². The number of carbonyl (C=O) groups is 1. The van der Waals surface area contributed by atoms with Crippen LogP contribution in [0.4, 0.5) is 13.2 Å². The van der Waals surface area contributed by atoms with Crippen LogP contribution < -0.4 is 4.74 Å². The van der Waals surface area contributed by atoms with Gasteiger partial charge in [-0.3, -0.25) is 9.36 Å². The molecule has 0 fully saturated rings. The Bertz CT molecular complexity index is 1460. The van der Waals surface area contributed by atoms with Gasteiger partial charge in [-0.15, -0.1) is 0 Å². The third-order valence-corrected chi connectivity index (χ3v) is 4.97. The summed E-state index contributed by atoms with van der Waals surface area (Å²) in [5, 5.41) is 0.364. The maximum Gasteiger partial charge on any atom is 0.323 e. The summed E-state index contributed by atoms with van der Waals surface area (Å²) < 4.78 is 49.7. The molecule has 0 N–H and O–H groups in total. The monoisotopic (exact) mass is 445 g/mol. The number of para-hydroxylation sites is 2. The molecule has 162 valence electrons. The van der Waals surface area contributed by atoms with Gasteiger partial charge in [0.05, 0.1) is 5.69 Å². The zero-order valence-electron chi connectivity index (χ0n) is 16.9. The van der Waals surface area contributed by atoms with Crippen molar-refractivity contribution in [3.8, 4) is 17.4 Å². The minimum atomic E-state index is -0.884. The van der Waals surface area contributed by atoms with Gasteiger partial charge in [-0.2, -0.15) is 4.98 Å². The minimum Gasteiger partial charge on any atom is -0.424 e. The number of hydrogen-bond donors (Lipinski definition) is 0. The highest BCUT2D eigenvalue weighted by atomic mass is 19.1. The molecule has 0 amide bonds. The summed E-state index contributed by atoms with van der Waals surface area (Å²) in [6.45, 7) is 0. The van der Waals surface area contributed by atoms with Gasteiger partial charge in [-0.05, 0) is 54.6 Å². The van der Waals surface area contributed by atoms with E-state index in [1.54, 1.807) is 24.3 Å². The van der Waals surface area contributed by atoms with Crippen LogP contribution in [0.3, 0.4) is 0 Å². The first kappa shape index (κ1) is 20.4. The SMILES string of the molecule is O=C(c1ccc(F)cc1)c1cc2cnc(Oc3ccccc3)nc2n1-c1c(F)cccc1F. The van der Waals surface area contributed by atoms with Gasteiger partial charge >= 0.3 is 6.01 Å². The average molecular weight is 445 g/mol. The van der Waals surface area contributed by atoms with Gasteiger partial charge in [0.2, 0.25) is 5.78 Å². The summed E-state index contributed by atoms with van der Waals surface area (Å²) in [6, 6.07) is 18.4. The molecule has 0 radical (unpaired) electrons. The molecule has 0 spiro atoms. The molecule has 0 saturated carbocycles. The van der Waals surface area contributed by atoms with Gasteiger partial charge in [0, 0.05) is 17.1 Å². The summed E-state index contributed by atoms with van der Waals surface area (Å²) >= 11 is 0. The van der Waals surface area contributed by atoms with Gasteiger partial charge in [0.25, 0.3) is 0 Å². The molecule has 0 saturated heterocycles. The molecule has 0 aliphatic rings. The van der Waals surface area contributed by atoms with Crippen LogP contribution in [0.2, 0.25) is 0 Å². The van der Waals surface area contributed by atoms with Crippen molar-refractivity contribution >= 4 is 16.8 Å². The minimum absolute atomic E-state index is 0.0632. The maximum atomic E-state index is 14.8. The number of ether oxygens (including phenoxy) is 1. The highest BCUT2D eigenvalue weighted by molar-refractivity contribution is 6.10. The molecule has 33 heavy (non-hydrogen) atoms. The van der Waals surface area contributed by atoms with Crippen molar-refractivity contribution in [2.24, 2.45) is 0 Å². The third kappa shape index (κ3) is 3.82. The number of rotatable bonds is 5. The van der Waals surface area contributed by atoms with Crippen LogP contribution in [0.25, 0.3) is 16.7 Å². The summed E-state index contributed by atoms with van der Waals surface area (Å²) in [7, 11) is 0. The van der Waals surface area contributed by atoms with E-state index in [2.05, 4.69) is 9.97 Å². The predicted molar refractivity (Wildman–Crippen MR) is 115 cm³/mol. The molecule has 0 atom stereocenters. The lowest BCUT2D eigenvalue weighted by Crippen LogP contribution is -2.12. The third-order valence-electron chi connectivity index (χ3n) is 4.97. The molecule has 0 unspecified atom stereocenters. The van der Waals surface area contributed by atoms with E-state index < -0.39 is 28.9 Å². The Kier molecular flexibility index (Phi) is 5.10. The zero-order chi connectivity index (χ0) is 22.9. The van der Waals surface area contributed by atoms with Crippen LogP contribution in [0.1, 0.15) is 16.1 Å². The van der Waals surface area contributed by atoms with E-state index in [0.717, 1.165) is 28.8 Å². The summed E-state index contributed by atoms with van der Waals surface area (Å²) in [5.74, 6) is -2.38. The van der Waals surface area contributed by atoms with Gasteiger partial charge in [0.1, 0.15) is 28.9 Å².